The van der Waals surface area contributed by atoms with Gasteiger partial charge in [0.1, 0.15) is 16.5 Å². The van der Waals surface area contributed by atoms with E-state index in [9.17, 15) is 4.79 Å². The summed E-state index contributed by atoms with van der Waals surface area (Å²) in [4.78, 5) is 17.2. The van der Waals surface area contributed by atoms with E-state index in [4.69, 9.17) is 5.11 Å². The predicted molar refractivity (Wildman–Crippen MR) is 63.6 cm³/mol. The van der Waals surface area contributed by atoms with Gasteiger partial charge < -0.3 is 15.3 Å². The lowest BCUT2D eigenvalue weighted by molar-refractivity contribution is -0.139. The van der Waals surface area contributed by atoms with Crippen molar-refractivity contribution >= 4 is 27.7 Å². The molecule has 0 amide bonds. The molecule has 1 aliphatic rings. The number of hydrogen-bond donors (Lipinski definition) is 2. The monoisotopic (exact) mass is 285 g/mol. The second-order valence-corrected chi connectivity index (χ2v) is 4.42. The highest BCUT2D eigenvalue weighted by Gasteiger charge is 2.25. The van der Waals surface area contributed by atoms with Crippen LogP contribution in [0.25, 0.3) is 0 Å². The van der Waals surface area contributed by atoms with Gasteiger partial charge in [0.15, 0.2) is 0 Å². The number of nitrogens with zero attached hydrogens (tertiary/aromatic N) is 2. The van der Waals surface area contributed by atoms with Crippen LogP contribution in [0.5, 0.6) is 0 Å². The predicted octanol–water partition coefficient (Wildman–Crippen LogP) is 0.707. The van der Waals surface area contributed by atoms with Crippen LogP contribution in [-0.4, -0.2) is 41.7 Å². The van der Waals surface area contributed by atoms with Crippen LogP contribution in [0, 0.1) is 0 Å². The SMILES string of the molecule is O=C(O)[C@H]1CN(c2cccc(Br)n2)CCN1. The Balaban J connectivity index is 2.12. The number of hydrogen-bond acceptors (Lipinski definition) is 4. The summed E-state index contributed by atoms with van der Waals surface area (Å²) in [6, 6.07) is 5.11. The molecule has 0 bridgehead atoms. The lowest BCUT2D eigenvalue weighted by atomic mass is 10.2. The average Bonchev–Trinajstić information content (AvgIpc) is 2.29. The minimum Gasteiger partial charge on any atom is -0.480 e. The zero-order valence-corrected chi connectivity index (χ0v) is 10.1. The van der Waals surface area contributed by atoms with Crippen LogP contribution in [0.4, 0.5) is 5.82 Å². The molecule has 16 heavy (non-hydrogen) atoms. The lowest BCUT2D eigenvalue weighted by Gasteiger charge is -2.32. The maximum absolute atomic E-state index is 10.9. The Morgan fingerprint density at radius 1 is 1.62 bits per heavy atom. The van der Waals surface area contributed by atoms with Crippen molar-refractivity contribution in [1.82, 2.24) is 10.3 Å². The van der Waals surface area contributed by atoms with E-state index in [-0.39, 0.29) is 0 Å². The van der Waals surface area contributed by atoms with Crippen molar-refractivity contribution in [3.05, 3.63) is 22.8 Å². The number of anilines is 1. The standard InChI is InChI=1S/C10H12BrN3O2/c11-8-2-1-3-9(13-8)14-5-4-12-7(6-14)10(15)16/h1-3,7,12H,4-6H2,(H,15,16)/t7-/m1/s1. The Bertz CT molecular complexity index is 399. The molecule has 0 saturated carbocycles. The van der Waals surface area contributed by atoms with Crippen molar-refractivity contribution in [3.8, 4) is 0 Å². The largest absolute Gasteiger partial charge is 0.480 e. The van der Waals surface area contributed by atoms with E-state index in [0.717, 1.165) is 17.0 Å². The van der Waals surface area contributed by atoms with Crippen molar-refractivity contribution in [2.75, 3.05) is 24.5 Å². The van der Waals surface area contributed by atoms with Crippen molar-refractivity contribution in [2.24, 2.45) is 0 Å². The Morgan fingerprint density at radius 2 is 2.44 bits per heavy atom. The van der Waals surface area contributed by atoms with E-state index in [1.807, 2.05) is 23.1 Å². The van der Waals surface area contributed by atoms with Crippen molar-refractivity contribution in [1.29, 1.82) is 0 Å². The summed E-state index contributed by atoms with van der Waals surface area (Å²) < 4.78 is 0.760. The van der Waals surface area contributed by atoms with Crippen molar-refractivity contribution in [3.63, 3.8) is 0 Å². The van der Waals surface area contributed by atoms with Gasteiger partial charge >= 0.3 is 5.97 Å². The normalized spacial score (nSPS) is 20.8. The topological polar surface area (TPSA) is 65.5 Å². The molecule has 86 valence electrons. The van der Waals surface area contributed by atoms with E-state index in [2.05, 4.69) is 26.2 Å². The fourth-order valence-electron chi connectivity index (χ4n) is 1.70. The Kier molecular flexibility index (Phi) is 3.40. The third kappa shape index (κ3) is 2.51. The van der Waals surface area contributed by atoms with Gasteiger partial charge in [-0.2, -0.15) is 0 Å². The summed E-state index contributed by atoms with van der Waals surface area (Å²) in [5.74, 6) is -0.0122. The Morgan fingerprint density at radius 3 is 3.12 bits per heavy atom. The van der Waals surface area contributed by atoms with E-state index >= 15 is 0 Å². The number of nitrogens with one attached hydrogen (secondary N) is 1. The molecule has 1 atom stereocenters. The van der Waals surface area contributed by atoms with Gasteiger partial charge in [-0.1, -0.05) is 6.07 Å². The van der Waals surface area contributed by atoms with E-state index in [0.29, 0.717) is 13.1 Å². The second kappa shape index (κ2) is 4.80. The van der Waals surface area contributed by atoms with Crippen LogP contribution in [0.15, 0.2) is 22.8 Å². The second-order valence-electron chi connectivity index (χ2n) is 3.61. The maximum atomic E-state index is 10.9. The maximum Gasteiger partial charge on any atom is 0.322 e. The van der Waals surface area contributed by atoms with Crippen LogP contribution in [0.1, 0.15) is 0 Å². The summed E-state index contributed by atoms with van der Waals surface area (Å²) in [6.07, 6.45) is 0. The molecule has 6 heteroatoms. The third-order valence-electron chi connectivity index (χ3n) is 2.50. The van der Waals surface area contributed by atoms with Crippen LogP contribution in [-0.2, 0) is 4.79 Å². The minimum atomic E-state index is -0.820. The number of piperazine rings is 1. The van der Waals surface area contributed by atoms with Gasteiger partial charge in [0.25, 0.3) is 0 Å². The molecule has 1 aromatic heterocycles. The first kappa shape index (κ1) is 11.3. The highest BCUT2D eigenvalue weighted by Crippen LogP contribution is 2.16. The number of aliphatic carboxylic acids is 1. The van der Waals surface area contributed by atoms with Gasteiger partial charge in [-0.05, 0) is 28.1 Å². The zero-order valence-electron chi connectivity index (χ0n) is 8.56. The third-order valence-corrected chi connectivity index (χ3v) is 2.94. The number of rotatable bonds is 2. The molecule has 1 aliphatic heterocycles. The molecule has 2 N–H and O–H groups in total. The van der Waals surface area contributed by atoms with Crippen molar-refractivity contribution in [2.45, 2.75) is 6.04 Å². The molecule has 2 heterocycles. The first-order chi connectivity index (χ1) is 7.66. The van der Waals surface area contributed by atoms with E-state index in [1.54, 1.807) is 0 Å². The van der Waals surface area contributed by atoms with Crippen LogP contribution >= 0.6 is 15.9 Å². The molecule has 0 aromatic carbocycles. The fourth-order valence-corrected chi connectivity index (χ4v) is 2.03. The quantitative estimate of drug-likeness (QED) is 0.784. The van der Waals surface area contributed by atoms with Crippen LogP contribution < -0.4 is 10.2 Å². The van der Waals surface area contributed by atoms with Gasteiger partial charge in [0.2, 0.25) is 0 Å². The summed E-state index contributed by atoms with van der Waals surface area (Å²) in [6.45, 7) is 1.87. The number of halogens is 1. The van der Waals surface area contributed by atoms with Gasteiger partial charge in [0, 0.05) is 19.6 Å². The summed E-state index contributed by atoms with van der Waals surface area (Å²) in [5.41, 5.74) is 0. The first-order valence-electron chi connectivity index (χ1n) is 5.00. The Hall–Kier alpha value is -1.14. The number of aromatic nitrogens is 1. The molecule has 1 aromatic rings. The Labute approximate surface area is 102 Å². The molecule has 0 unspecified atom stereocenters. The summed E-state index contributed by atoms with van der Waals surface area (Å²) >= 11 is 3.30. The molecule has 0 aliphatic carbocycles. The number of pyridine rings is 1. The van der Waals surface area contributed by atoms with Crippen LogP contribution in [0.2, 0.25) is 0 Å². The van der Waals surface area contributed by atoms with E-state index in [1.165, 1.54) is 0 Å². The van der Waals surface area contributed by atoms with Gasteiger partial charge in [-0.3, -0.25) is 4.79 Å². The van der Waals surface area contributed by atoms with Crippen molar-refractivity contribution < 1.29 is 9.90 Å². The lowest BCUT2D eigenvalue weighted by Crippen LogP contribution is -2.54. The van der Waals surface area contributed by atoms with Gasteiger partial charge in [-0.15, -0.1) is 0 Å². The number of carboxylic acid groups (broad SMARTS) is 1. The highest BCUT2D eigenvalue weighted by atomic mass is 79.9. The number of carboxylic acids is 1. The molecule has 1 saturated heterocycles. The smallest absolute Gasteiger partial charge is 0.322 e. The first-order valence-corrected chi connectivity index (χ1v) is 5.80. The minimum absolute atomic E-state index is 0.443. The van der Waals surface area contributed by atoms with E-state index < -0.39 is 12.0 Å². The summed E-state index contributed by atoms with van der Waals surface area (Å²) in [5, 5.41) is 11.9. The zero-order chi connectivity index (χ0) is 11.5. The van der Waals surface area contributed by atoms with Gasteiger partial charge in [-0.25, -0.2) is 4.98 Å². The number of carbonyl (C=O) groups is 1. The molecular formula is C10H12BrN3O2. The molecular weight excluding hydrogens is 274 g/mol. The molecule has 0 radical (unpaired) electrons. The molecule has 2 rings (SSSR count). The average molecular weight is 286 g/mol. The molecule has 0 spiro atoms. The highest BCUT2D eigenvalue weighted by molar-refractivity contribution is 9.10. The molecule has 5 nitrogen and oxygen atoms in total. The van der Waals surface area contributed by atoms with Crippen LogP contribution in [0.3, 0.4) is 0 Å². The molecule has 1 fully saturated rings. The van der Waals surface area contributed by atoms with Gasteiger partial charge in [0.05, 0.1) is 0 Å². The fraction of sp³-hybridized carbons (Fsp3) is 0.400. The summed E-state index contributed by atoms with van der Waals surface area (Å²) in [7, 11) is 0.